The maximum absolute atomic E-state index is 12.5. The molecule has 0 heterocycles. The number of ether oxygens (including phenoxy) is 2. The summed E-state index contributed by atoms with van der Waals surface area (Å²) in [6.45, 7) is 9.25. The fourth-order valence-corrected chi connectivity index (χ4v) is 2.94. The van der Waals surface area contributed by atoms with E-state index < -0.39 is 11.9 Å². The van der Waals surface area contributed by atoms with E-state index in [1.165, 1.54) is 0 Å². The van der Waals surface area contributed by atoms with E-state index in [9.17, 15) is 9.59 Å². The Kier molecular flexibility index (Phi) is 11.5. The van der Waals surface area contributed by atoms with Crippen LogP contribution in [0.15, 0.2) is 24.3 Å². The zero-order valence-corrected chi connectivity index (χ0v) is 17.5. The molecule has 2 atom stereocenters. The Morgan fingerprint density at radius 1 is 0.852 bits per heavy atom. The van der Waals surface area contributed by atoms with Crippen molar-refractivity contribution in [3.05, 3.63) is 35.4 Å². The molecular weight excluding hydrogens is 340 g/mol. The van der Waals surface area contributed by atoms with Gasteiger partial charge < -0.3 is 9.47 Å². The highest BCUT2D eigenvalue weighted by atomic mass is 16.5. The lowest BCUT2D eigenvalue weighted by molar-refractivity contribution is 0.0388. The van der Waals surface area contributed by atoms with Crippen LogP contribution in [-0.4, -0.2) is 25.2 Å². The van der Waals surface area contributed by atoms with E-state index in [1.54, 1.807) is 24.3 Å². The van der Waals surface area contributed by atoms with Gasteiger partial charge in [-0.2, -0.15) is 0 Å². The molecule has 0 saturated heterocycles. The molecule has 0 aliphatic rings. The summed E-state index contributed by atoms with van der Waals surface area (Å²) in [5.74, 6) is -0.218. The molecule has 1 aromatic rings. The molecule has 0 amide bonds. The van der Waals surface area contributed by atoms with Gasteiger partial charge in [-0.1, -0.05) is 71.9 Å². The highest BCUT2D eigenvalue weighted by molar-refractivity contribution is 6.03. The molecule has 1 rings (SSSR count). The number of hydrogen-bond donors (Lipinski definition) is 0. The minimum Gasteiger partial charge on any atom is -0.462 e. The van der Waals surface area contributed by atoms with Gasteiger partial charge in [0, 0.05) is 0 Å². The monoisotopic (exact) mass is 376 g/mol. The number of esters is 2. The van der Waals surface area contributed by atoms with Crippen molar-refractivity contribution in [1.29, 1.82) is 0 Å². The summed E-state index contributed by atoms with van der Waals surface area (Å²) >= 11 is 0. The summed E-state index contributed by atoms with van der Waals surface area (Å²) in [6, 6.07) is 6.74. The molecule has 0 saturated carbocycles. The molecule has 0 aliphatic carbocycles. The van der Waals surface area contributed by atoms with Crippen molar-refractivity contribution < 1.29 is 19.1 Å². The number of carbonyl (C=O) groups is 2. The van der Waals surface area contributed by atoms with Gasteiger partial charge in [0.25, 0.3) is 0 Å². The SMILES string of the molecule is CCCCC(C)COC(=O)c1ccccc1C(=O)OCC(CC)CCCC. The van der Waals surface area contributed by atoms with Crippen molar-refractivity contribution in [2.45, 2.75) is 72.6 Å². The second kappa shape index (κ2) is 13.3. The van der Waals surface area contributed by atoms with Crippen LogP contribution in [0.3, 0.4) is 0 Å². The number of benzene rings is 1. The van der Waals surface area contributed by atoms with Gasteiger partial charge in [0.2, 0.25) is 0 Å². The Morgan fingerprint density at radius 3 is 1.89 bits per heavy atom. The van der Waals surface area contributed by atoms with Crippen LogP contribution in [0.1, 0.15) is 93.4 Å². The van der Waals surface area contributed by atoms with E-state index in [0.29, 0.717) is 25.0 Å². The lowest BCUT2D eigenvalue weighted by Gasteiger charge is -2.16. The highest BCUT2D eigenvalue weighted by Gasteiger charge is 2.20. The minimum atomic E-state index is -0.455. The zero-order chi connectivity index (χ0) is 20.1. The van der Waals surface area contributed by atoms with Crippen LogP contribution < -0.4 is 0 Å². The lowest BCUT2D eigenvalue weighted by atomic mass is 10.0. The number of carbonyl (C=O) groups excluding carboxylic acids is 2. The van der Waals surface area contributed by atoms with Gasteiger partial charge in [-0.05, 0) is 36.8 Å². The predicted octanol–water partition coefficient (Wildman–Crippen LogP) is 6.04. The maximum Gasteiger partial charge on any atom is 0.339 e. The van der Waals surface area contributed by atoms with Crippen LogP contribution >= 0.6 is 0 Å². The van der Waals surface area contributed by atoms with Crippen molar-refractivity contribution in [3.8, 4) is 0 Å². The highest BCUT2D eigenvalue weighted by Crippen LogP contribution is 2.17. The second-order valence-electron chi connectivity index (χ2n) is 7.41. The zero-order valence-electron chi connectivity index (χ0n) is 17.5. The van der Waals surface area contributed by atoms with Gasteiger partial charge in [-0.3, -0.25) is 0 Å². The number of rotatable bonds is 13. The van der Waals surface area contributed by atoms with E-state index in [0.717, 1.165) is 44.9 Å². The fourth-order valence-electron chi connectivity index (χ4n) is 2.94. The first kappa shape index (κ1) is 23.2. The van der Waals surface area contributed by atoms with Gasteiger partial charge in [-0.25, -0.2) is 9.59 Å². The summed E-state index contributed by atoms with van der Waals surface area (Å²) in [4.78, 5) is 25.0. The Labute approximate surface area is 164 Å². The summed E-state index contributed by atoms with van der Waals surface area (Å²) in [5.41, 5.74) is 0.570. The third-order valence-electron chi connectivity index (χ3n) is 4.91. The van der Waals surface area contributed by atoms with Crippen LogP contribution in [0.25, 0.3) is 0 Å². The molecule has 1 aromatic carbocycles. The minimum absolute atomic E-state index is 0.284. The number of hydrogen-bond acceptors (Lipinski definition) is 4. The van der Waals surface area contributed by atoms with E-state index in [2.05, 4.69) is 27.7 Å². The molecule has 4 heteroatoms. The van der Waals surface area contributed by atoms with E-state index >= 15 is 0 Å². The van der Waals surface area contributed by atoms with Gasteiger partial charge in [0.1, 0.15) is 0 Å². The van der Waals surface area contributed by atoms with E-state index in [-0.39, 0.29) is 11.1 Å². The topological polar surface area (TPSA) is 52.6 Å². The summed E-state index contributed by atoms with van der Waals surface area (Å²) < 4.78 is 10.9. The molecular formula is C23H36O4. The van der Waals surface area contributed by atoms with Crippen LogP contribution in [-0.2, 0) is 9.47 Å². The lowest BCUT2D eigenvalue weighted by Crippen LogP contribution is -2.18. The molecule has 4 nitrogen and oxygen atoms in total. The normalized spacial score (nSPS) is 13.0. The van der Waals surface area contributed by atoms with Crippen molar-refractivity contribution in [2.24, 2.45) is 11.8 Å². The average molecular weight is 377 g/mol. The maximum atomic E-state index is 12.5. The Balaban J connectivity index is 2.66. The van der Waals surface area contributed by atoms with Gasteiger partial charge in [-0.15, -0.1) is 0 Å². The average Bonchev–Trinajstić information content (AvgIpc) is 2.70. The van der Waals surface area contributed by atoms with Crippen LogP contribution in [0.4, 0.5) is 0 Å². The molecule has 0 aliphatic heterocycles. The van der Waals surface area contributed by atoms with Crippen LogP contribution in [0, 0.1) is 11.8 Å². The molecule has 0 fully saturated rings. The summed E-state index contributed by atoms with van der Waals surface area (Å²) in [7, 11) is 0. The molecule has 152 valence electrons. The molecule has 2 unspecified atom stereocenters. The smallest absolute Gasteiger partial charge is 0.339 e. The summed E-state index contributed by atoms with van der Waals surface area (Å²) in [6.07, 6.45) is 7.59. The Morgan fingerprint density at radius 2 is 1.37 bits per heavy atom. The third-order valence-corrected chi connectivity index (χ3v) is 4.91. The fraction of sp³-hybridized carbons (Fsp3) is 0.652. The van der Waals surface area contributed by atoms with Crippen molar-refractivity contribution in [2.75, 3.05) is 13.2 Å². The first-order valence-electron chi connectivity index (χ1n) is 10.5. The molecule has 0 aromatic heterocycles. The molecule has 27 heavy (non-hydrogen) atoms. The van der Waals surface area contributed by atoms with Gasteiger partial charge >= 0.3 is 11.9 Å². The van der Waals surface area contributed by atoms with Crippen LogP contribution in [0.2, 0.25) is 0 Å². The third kappa shape index (κ3) is 8.59. The Hall–Kier alpha value is -1.84. The number of unbranched alkanes of at least 4 members (excludes halogenated alkanes) is 2. The molecule has 0 spiro atoms. The van der Waals surface area contributed by atoms with E-state index in [1.807, 2.05) is 0 Å². The first-order valence-corrected chi connectivity index (χ1v) is 10.5. The van der Waals surface area contributed by atoms with Crippen LogP contribution in [0.5, 0.6) is 0 Å². The van der Waals surface area contributed by atoms with Crippen molar-refractivity contribution >= 4 is 11.9 Å². The standard InChI is InChI=1S/C23H36O4/c1-5-8-12-18(4)16-26-22(24)20-14-10-11-15-21(20)23(25)27-17-19(7-3)13-9-6-2/h10-11,14-15,18-19H,5-9,12-13,16-17H2,1-4H3. The molecule has 0 N–H and O–H groups in total. The first-order chi connectivity index (χ1) is 13.0. The Bertz CT molecular complexity index is 567. The summed E-state index contributed by atoms with van der Waals surface area (Å²) in [5, 5.41) is 0. The van der Waals surface area contributed by atoms with Gasteiger partial charge in [0.15, 0.2) is 0 Å². The van der Waals surface area contributed by atoms with Crippen molar-refractivity contribution in [3.63, 3.8) is 0 Å². The predicted molar refractivity (Wildman–Crippen MR) is 109 cm³/mol. The van der Waals surface area contributed by atoms with Gasteiger partial charge in [0.05, 0.1) is 24.3 Å². The van der Waals surface area contributed by atoms with Crippen molar-refractivity contribution in [1.82, 2.24) is 0 Å². The van der Waals surface area contributed by atoms with E-state index in [4.69, 9.17) is 9.47 Å². The quantitative estimate of drug-likeness (QED) is 0.394. The second-order valence-corrected chi connectivity index (χ2v) is 7.41. The molecule has 0 bridgehead atoms. The largest absolute Gasteiger partial charge is 0.462 e. The molecule has 0 radical (unpaired) electrons.